The van der Waals surface area contributed by atoms with Crippen LogP contribution >= 0.6 is 0 Å². The topological polar surface area (TPSA) is 46.5 Å². The summed E-state index contributed by atoms with van der Waals surface area (Å²) in [5.41, 5.74) is 1.73. The molecule has 0 saturated heterocycles. The van der Waals surface area contributed by atoms with Gasteiger partial charge in [0.05, 0.1) is 13.2 Å². The molecule has 0 amide bonds. The number of allylic oxidation sites excluding steroid dienone is 2. The highest BCUT2D eigenvalue weighted by molar-refractivity contribution is 5.69. The smallest absolute Gasteiger partial charge is 0.305 e. The molecule has 2 aliphatic carbocycles. The van der Waals surface area contributed by atoms with E-state index >= 15 is 0 Å². The van der Waals surface area contributed by atoms with Gasteiger partial charge in [0.1, 0.15) is 0 Å². The molecule has 5 atom stereocenters. The fourth-order valence-electron chi connectivity index (χ4n) is 5.51. The lowest BCUT2D eigenvalue weighted by molar-refractivity contribution is -0.141. The van der Waals surface area contributed by atoms with Gasteiger partial charge in [-0.2, -0.15) is 0 Å². The molecule has 1 unspecified atom stereocenters. The summed E-state index contributed by atoms with van der Waals surface area (Å²) in [6.45, 7) is 11.3. The normalized spacial score (nSPS) is 36.5. The van der Waals surface area contributed by atoms with E-state index in [2.05, 4.69) is 40.7 Å². The van der Waals surface area contributed by atoms with Crippen molar-refractivity contribution in [1.82, 2.24) is 0 Å². The van der Waals surface area contributed by atoms with Crippen LogP contribution < -0.4 is 0 Å². The lowest BCUT2D eigenvalue weighted by Gasteiger charge is -2.58. The Hall–Kier alpha value is -0.830. The molecule has 1 saturated carbocycles. The van der Waals surface area contributed by atoms with Crippen molar-refractivity contribution in [2.75, 3.05) is 7.11 Å². The van der Waals surface area contributed by atoms with E-state index in [1.165, 1.54) is 12.7 Å². The van der Waals surface area contributed by atoms with Gasteiger partial charge in [0.25, 0.3) is 0 Å². The second-order valence-electron chi connectivity index (χ2n) is 9.13. The number of aliphatic hydroxyl groups is 1. The van der Waals surface area contributed by atoms with Gasteiger partial charge in [-0.15, -0.1) is 0 Å². The van der Waals surface area contributed by atoms with Gasteiger partial charge in [-0.1, -0.05) is 39.3 Å². The third kappa shape index (κ3) is 3.56. The van der Waals surface area contributed by atoms with E-state index in [-0.39, 0.29) is 22.9 Å². The highest BCUT2D eigenvalue weighted by atomic mass is 16.5. The monoisotopic (exact) mass is 336 g/mol. The number of fused-ring (bicyclic) bond motifs is 1. The highest BCUT2D eigenvalue weighted by Gasteiger charge is 2.54. The van der Waals surface area contributed by atoms with Crippen LogP contribution in [-0.2, 0) is 9.53 Å². The summed E-state index contributed by atoms with van der Waals surface area (Å²) in [7, 11) is 1.46. The average Bonchev–Trinajstić information content (AvgIpc) is 2.50. The minimum Gasteiger partial charge on any atom is -0.469 e. The van der Waals surface area contributed by atoms with Gasteiger partial charge in [0, 0.05) is 6.42 Å². The Bertz CT molecular complexity index is 493. The zero-order valence-corrected chi connectivity index (χ0v) is 16.4. The zero-order valence-electron chi connectivity index (χ0n) is 16.4. The van der Waals surface area contributed by atoms with E-state index in [0.717, 1.165) is 32.1 Å². The largest absolute Gasteiger partial charge is 0.469 e. The summed E-state index contributed by atoms with van der Waals surface area (Å²) in [6.07, 6.45) is 7.99. The fourth-order valence-corrected chi connectivity index (χ4v) is 5.51. The molecule has 138 valence electrons. The van der Waals surface area contributed by atoms with Crippen molar-refractivity contribution in [3.05, 3.63) is 11.6 Å². The summed E-state index contributed by atoms with van der Waals surface area (Å²) in [5.74, 6) is 1.34. The Balaban J connectivity index is 2.12. The minimum absolute atomic E-state index is 0.0277. The first-order valence-electron chi connectivity index (χ1n) is 9.54. The molecule has 0 aromatic rings. The maximum absolute atomic E-state index is 11.5. The molecule has 0 heterocycles. The van der Waals surface area contributed by atoms with Crippen molar-refractivity contribution in [1.29, 1.82) is 0 Å². The Labute approximate surface area is 147 Å². The molecule has 1 fully saturated rings. The summed E-state index contributed by atoms with van der Waals surface area (Å²) >= 11 is 0. The summed E-state index contributed by atoms with van der Waals surface area (Å²) in [4.78, 5) is 11.5. The van der Waals surface area contributed by atoms with Crippen LogP contribution in [0.1, 0.15) is 73.1 Å². The quantitative estimate of drug-likeness (QED) is 0.583. The third-order valence-electron chi connectivity index (χ3n) is 7.22. The predicted molar refractivity (Wildman–Crippen MR) is 97.5 cm³/mol. The lowest BCUT2D eigenvalue weighted by Crippen LogP contribution is -2.54. The third-order valence-corrected chi connectivity index (χ3v) is 7.22. The van der Waals surface area contributed by atoms with Crippen LogP contribution in [0.15, 0.2) is 11.6 Å². The molecule has 24 heavy (non-hydrogen) atoms. The molecule has 3 nitrogen and oxygen atoms in total. The highest BCUT2D eigenvalue weighted by Crippen LogP contribution is 2.60. The first-order valence-corrected chi connectivity index (χ1v) is 9.54. The molecular weight excluding hydrogens is 300 g/mol. The second kappa shape index (κ2) is 7.19. The lowest BCUT2D eigenvalue weighted by atomic mass is 9.47. The molecule has 0 aromatic heterocycles. The average molecular weight is 337 g/mol. The molecule has 2 aliphatic rings. The number of rotatable bonds is 5. The van der Waals surface area contributed by atoms with Crippen molar-refractivity contribution in [3.8, 4) is 0 Å². The van der Waals surface area contributed by atoms with Crippen molar-refractivity contribution in [2.45, 2.75) is 79.2 Å². The van der Waals surface area contributed by atoms with E-state index in [4.69, 9.17) is 4.74 Å². The van der Waals surface area contributed by atoms with Crippen molar-refractivity contribution >= 4 is 5.97 Å². The van der Waals surface area contributed by atoms with Crippen LogP contribution in [0.2, 0.25) is 0 Å². The van der Waals surface area contributed by atoms with Gasteiger partial charge >= 0.3 is 5.97 Å². The fraction of sp³-hybridized carbons (Fsp3) is 0.857. The Morgan fingerprint density at radius 3 is 2.71 bits per heavy atom. The van der Waals surface area contributed by atoms with E-state index in [9.17, 15) is 9.90 Å². The van der Waals surface area contributed by atoms with E-state index < -0.39 is 0 Å². The van der Waals surface area contributed by atoms with Gasteiger partial charge in [-0.05, 0) is 67.6 Å². The molecule has 1 N–H and O–H groups in total. The van der Waals surface area contributed by atoms with Crippen molar-refractivity contribution in [2.24, 2.45) is 28.6 Å². The second-order valence-corrected chi connectivity index (χ2v) is 9.13. The summed E-state index contributed by atoms with van der Waals surface area (Å²) in [6, 6.07) is 0. The zero-order chi connectivity index (χ0) is 18.1. The van der Waals surface area contributed by atoms with Crippen LogP contribution in [0.4, 0.5) is 0 Å². The SMILES string of the molecule is COC(=O)CC(C)CC[C@H]1C(C)=CC[C@H]2C(C)(C)[C@H](O)CC[C@]12C. The van der Waals surface area contributed by atoms with Crippen LogP contribution in [0.25, 0.3) is 0 Å². The number of ether oxygens (including phenoxy) is 1. The Morgan fingerprint density at radius 2 is 2.08 bits per heavy atom. The number of aliphatic hydroxyl groups excluding tert-OH is 1. The van der Waals surface area contributed by atoms with E-state index in [1.54, 1.807) is 0 Å². The molecule has 3 heteroatoms. The van der Waals surface area contributed by atoms with Crippen molar-refractivity contribution < 1.29 is 14.6 Å². The van der Waals surface area contributed by atoms with Gasteiger partial charge in [0.15, 0.2) is 0 Å². The minimum atomic E-state index is -0.193. The molecule has 0 aromatic carbocycles. The molecule has 2 rings (SSSR count). The van der Waals surface area contributed by atoms with Crippen LogP contribution in [0, 0.1) is 28.6 Å². The number of carbonyl (C=O) groups is 1. The maximum atomic E-state index is 11.5. The number of hydrogen-bond donors (Lipinski definition) is 1. The van der Waals surface area contributed by atoms with Crippen LogP contribution in [0.5, 0.6) is 0 Å². The molecule has 0 aliphatic heterocycles. The van der Waals surface area contributed by atoms with Crippen LogP contribution in [0.3, 0.4) is 0 Å². The number of esters is 1. The Morgan fingerprint density at radius 1 is 1.42 bits per heavy atom. The first-order chi connectivity index (χ1) is 11.1. The Kier molecular flexibility index (Phi) is 5.84. The number of carbonyl (C=O) groups excluding carboxylic acids is 1. The first kappa shape index (κ1) is 19.5. The standard InChI is InChI=1S/C21H36O3/c1-14(13-19(23)24-6)7-9-16-15(2)8-10-17-20(3,4)18(22)11-12-21(16,17)5/h8,14,16-18,22H,7,9-13H2,1-6H3/t14?,16-,17-,18+,21+/m0/s1. The summed E-state index contributed by atoms with van der Waals surface area (Å²) in [5, 5.41) is 10.5. The van der Waals surface area contributed by atoms with E-state index in [0.29, 0.717) is 24.2 Å². The number of hydrogen-bond acceptors (Lipinski definition) is 3. The van der Waals surface area contributed by atoms with Gasteiger partial charge in [-0.25, -0.2) is 0 Å². The van der Waals surface area contributed by atoms with Gasteiger partial charge in [-0.3, -0.25) is 4.79 Å². The molecule has 0 bridgehead atoms. The summed E-state index contributed by atoms with van der Waals surface area (Å²) < 4.78 is 4.80. The maximum Gasteiger partial charge on any atom is 0.305 e. The molecule has 0 radical (unpaired) electrons. The van der Waals surface area contributed by atoms with E-state index in [1.807, 2.05) is 0 Å². The van der Waals surface area contributed by atoms with Gasteiger partial charge < -0.3 is 9.84 Å². The van der Waals surface area contributed by atoms with Crippen molar-refractivity contribution in [3.63, 3.8) is 0 Å². The molecular formula is C21H36O3. The van der Waals surface area contributed by atoms with Crippen LogP contribution in [-0.4, -0.2) is 24.3 Å². The van der Waals surface area contributed by atoms with Gasteiger partial charge in [0.2, 0.25) is 0 Å². The number of methoxy groups -OCH3 is 1. The predicted octanol–water partition coefficient (Wildman–Crippen LogP) is 4.74. The molecule has 0 spiro atoms.